The van der Waals surface area contributed by atoms with Gasteiger partial charge in [-0.2, -0.15) is 0 Å². The summed E-state index contributed by atoms with van der Waals surface area (Å²) < 4.78 is 21.2. The van der Waals surface area contributed by atoms with Crippen molar-refractivity contribution in [2.75, 3.05) is 6.61 Å². The molecule has 1 rings (SSSR count). The molecular formula is C18H27N3O11. The molecule has 1 fully saturated rings. The molecule has 14 nitrogen and oxygen atoms in total. The summed E-state index contributed by atoms with van der Waals surface area (Å²) in [5, 5.41) is 14.4. The van der Waals surface area contributed by atoms with Crippen molar-refractivity contribution < 1.29 is 52.8 Å². The monoisotopic (exact) mass is 461 g/mol. The standard InChI is InChI=1S/C18H27N3O11/c1-7(22)20-14-16(31-10(4)25)15(30-9(3)24)12(6-29-8(2)23)32-17(14)21-11(18(27)28)5-13(19)26/h11-12,14-17,21H,5-6H2,1-4H3,(H2,19,26)(H,20,22)(H,27,28)/t11-,12+,14+,15+,16+,17?/m0/s1. The number of nitrogens with one attached hydrogen (secondary N) is 2. The highest BCUT2D eigenvalue weighted by Gasteiger charge is 2.51. The van der Waals surface area contributed by atoms with Gasteiger partial charge in [-0.3, -0.25) is 34.1 Å². The van der Waals surface area contributed by atoms with Gasteiger partial charge in [-0.1, -0.05) is 0 Å². The maximum Gasteiger partial charge on any atom is 0.321 e. The lowest BCUT2D eigenvalue weighted by Crippen LogP contribution is -2.70. The van der Waals surface area contributed by atoms with Crippen molar-refractivity contribution in [1.29, 1.82) is 0 Å². The number of hydrogen-bond donors (Lipinski definition) is 4. The Hall–Kier alpha value is -3.26. The second-order valence-corrected chi connectivity index (χ2v) is 7.00. The van der Waals surface area contributed by atoms with Gasteiger partial charge >= 0.3 is 23.9 Å². The maximum absolute atomic E-state index is 11.8. The van der Waals surface area contributed by atoms with Gasteiger partial charge in [0.1, 0.15) is 31.0 Å². The molecular weight excluding hydrogens is 434 g/mol. The number of carboxylic acid groups (broad SMARTS) is 1. The maximum atomic E-state index is 11.8. The molecule has 1 saturated heterocycles. The van der Waals surface area contributed by atoms with Crippen molar-refractivity contribution in [3.05, 3.63) is 0 Å². The van der Waals surface area contributed by atoms with E-state index in [9.17, 15) is 33.9 Å². The minimum absolute atomic E-state index is 0.455. The Kier molecular flexibility index (Phi) is 10.00. The van der Waals surface area contributed by atoms with Crippen LogP contribution in [0.1, 0.15) is 34.1 Å². The van der Waals surface area contributed by atoms with Crippen LogP contribution in [0, 0.1) is 0 Å². The van der Waals surface area contributed by atoms with Gasteiger partial charge in [0.05, 0.1) is 6.42 Å². The number of carboxylic acids is 1. The number of nitrogens with two attached hydrogens (primary N) is 1. The van der Waals surface area contributed by atoms with Crippen molar-refractivity contribution in [2.24, 2.45) is 5.73 Å². The topological polar surface area (TPSA) is 210 Å². The van der Waals surface area contributed by atoms with Crippen LogP contribution in [0.15, 0.2) is 0 Å². The van der Waals surface area contributed by atoms with Crippen molar-refractivity contribution >= 4 is 35.7 Å². The van der Waals surface area contributed by atoms with Crippen LogP contribution in [-0.2, 0) is 47.7 Å². The van der Waals surface area contributed by atoms with E-state index in [2.05, 4.69) is 10.6 Å². The van der Waals surface area contributed by atoms with Crippen molar-refractivity contribution in [2.45, 2.75) is 70.7 Å². The van der Waals surface area contributed by atoms with E-state index >= 15 is 0 Å². The summed E-state index contributed by atoms with van der Waals surface area (Å²) in [7, 11) is 0. The molecule has 14 heteroatoms. The van der Waals surface area contributed by atoms with Crippen LogP contribution in [0.3, 0.4) is 0 Å². The normalized spacial score (nSPS) is 25.7. The zero-order chi connectivity index (χ0) is 24.6. The number of esters is 3. The fourth-order valence-corrected chi connectivity index (χ4v) is 3.09. The van der Waals surface area contributed by atoms with E-state index in [1.807, 2.05) is 0 Å². The molecule has 180 valence electrons. The van der Waals surface area contributed by atoms with Crippen LogP contribution in [0.4, 0.5) is 0 Å². The quantitative estimate of drug-likeness (QED) is 0.197. The number of rotatable bonds is 10. The largest absolute Gasteiger partial charge is 0.480 e. The highest BCUT2D eigenvalue weighted by Crippen LogP contribution is 2.27. The van der Waals surface area contributed by atoms with E-state index in [0.29, 0.717) is 0 Å². The van der Waals surface area contributed by atoms with E-state index in [0.717, 1.165) is 27.7 Å². The van der Waals surface area contributed by atoms with Crippen LogP contribution in [0.25, 0.3) is 0 Å². The lowest BCUT2D eigenvalue weighted by molar-refractivity contribution is -0.229. The molecule has 0 bridgehead atoms. The third kappa shape index (κ3) is 8.47. The number of hydrogen-bond acceptors (Lipinski definition) is 11. The van der Waals surface area contributed by atoms with E-state index in [1.54, 1.807) is 0 Å². The molecule has 6 atom stereocenters. The van der Waals surface area contributed by atoms with Gasteiger partial charge in [-0.25, -0.2) is 0 Å². The average molecular weight is 461 g/mol. The summed E-state index contributed by atoms with van der Waals surface area (Å²) in [6.07, 6.45) is -5.92. The van der Waals surface area contributed by atoms with Crippen LogP contribution < -0.4 is 16.4 Å². The summed E-state index contributed by atoms with van der Waals surface area (Å²) >= 11 is 0. The zero-order valence-electron chi connectivity index (χ0n) is 18.0. The highest BCUT2D eigenvalue weighted by atomic mass is 16.6. The number of ether oxygens (including phenoxy) is 4. The first-order valence-electron chi connectivity index (χ1n) is 9.49. The highest BCUT2D eigenvalue weighted by molar-refractivity contribution is 5.83. The second kappa shape index (κ2) is 12.0. The average Bonchev–Trinajstić information content (AvgIpc) is 2.62. The summed E-state index contributed by atoms with van der Waals surface area (Å²) in [5.41, 5.74) is 5.09. The molecule has 0 aromatic rings. The third-order valence-electron chi connectivity index (χ3n) is 4.19. The summed E-state index contributed by atoms with van der Waals surface area (Å²) in [6, 6.07) is -2.80. The SMILES string of the molecule is CC(=O)N[C@H]1C(N[C@@H](CC(N)=O)C(=O)O)O[C@H](COC(C)=O)[C@@H](OC(C)=O)[C@@H]1OC(C)=O. The fourth-order valence-electron chi connectivity index (χ4n) is 3.09. The molecule has 5 N–H and O–H groups in total. The van der Waals surface area contributed by atoms with Crippen molar-refractivity contribution in [1.82, 2.24) is 10.6 Å². The third-order valence-corrected chi connectivity index (χ3v) is 4.19. The Balaban J connectivity index is 3.41. The van der Waals surface area contributed by atoms with E-state index in [-0.39, 0.29) is 0 Å². The number of amides is 2. The Morgan fingerprint density at radius 3 is 1.97 bits per heavy atom. The fraction of sp³-hybridized carbons (Fsp3) is 0.667. The van der Waals surface area contributed by atoms with Gasteiger partial charge in [-0.15, -0.1) is 0 Å². The lowest BCUT2D eigenvalue weighted by atomic mass is 9.94. The molecule has 1 heterocycles. The Labute approximate surface area is 183 Å². The number of primary amides is 1. The number of carbonyl (C=O) groups is 6. The Morgan fingerprint density at radius 1 is 0.969 bits per heavy atom. The first-order chi connectivity index (χ1) is 14.8. The molecule has 2 amide bonds. The minimum Gasteiger partial charge on any atom is -0.480 e. The van der Waals surface area contributed by atoms with Crippen molar-refractivity contribution in [3.63, 3.8) is 0 Å². The Bertz CT molecular complexity index is 756. The number of aliphatic carboxylic acids is 1. The Morgan fingerprint density at radius 2 is 1.53 bits per heavy atom. The summed E-state index contributed by atoms with van der Waals surface area (Å²) in [4.78, 5) is 69.3. The second-order valence-electron chi connectivity index (χ2n) is 7.00. The van der Waals surface area contributed by atoms with Gasteiger partial charge in [0.2, 0.25) is 11.8 Å². The smallest absolute Gasteiger partial charge is 0.321 e. The van der Waals surface area contributed by atoms with E-state index in [4.69, 9.17) is 24.7 Å². The predicted molar refractivity (Wildman–Crippen MR) is 102 cm³/mol. The molecule has 0 aromatic carbocycles. The summed E-state index contributed by atoms with van der Waals surface area (Å²) in [5.74, 6) is -5.26. The molecule has 0 aliphatic carbocycles. The van der Waals surface area contributed by atoms with Crippen LogP contribution in [-0.4, -0.2) is 84.0 Å². The molecule has 0 spiro atoms. The lowest BCUT2D eigenvalue weighted by Gasteiger charge is -2.46. The van der Waals surface area contributed by atoms with E-state index < -0.39 is 85.3 Å². The van der Waals surface area contributed by atoms with Gasteiger partial charge in [0.25, 0.3) is 0 Å². The van der Waals surface area contributed by atoms with Gasteiger partial charge in [0, 0.05) is 27.7 Å². The molecule has 1 aliphatic rings. The number of carbonyl (C=O) groups excluding carboxylic acids is 5. The van der Waals surface area contributed by atoms with E-state index in [1.165, 1.54) is 0 Å². The first kappa shape index (κ1) is 26.8. The van der Waals surface area contributed by atoms with Gasteiger partial charge in [0.15, 0.2) is 12.2 Å². The molecule has 32 heavy (non-hydrogen) atoms. The predicted octanol–water partition coefficient (Wildman–Crippen LogP) is -2.44. The van der Waals surface area contributed by atoms with Gasteiger partial charge < -0.3 is 35.1 Å². The summed E-state index contributed by atoms with van der Waals surface area (Å²) in [6.45, 7) is 3.96. The van der Waals surface area contributed by atoms with Gasteiger partial charge in [-0.05, 0) is 0 Å². The molecule has 1 aliphatic heterocycles. The molecule has 0 saturated carbocycles. The van der Waals surface area contributed by atoms with Crippen molar-refractivity contribution in [3.8, 4) is 0 Å². The van der Waals surface area contributed by atoms with Crippen LogP contribution >= 0.6 is 0 Å². The molecule has 0 radical (unpaired) electrons. The molecule has 0 aromatic heterocycles. The minimum atomic E-state index is -1.54. The first-order valence-corrected chi connectivity index (χ1v) is 9.49. The van der Waals surface area contributed by atoms with Crippen LogP contribution in [0.2, 0.25) is 0 Å². The van der Waals surface area contributed by atoms with Crippen LogP contribution in [0.5, 0.6) is 0 Å². The zero-order valence-corrected chi connectivity index (χ0v) is 18.0. The molecule has 1 unspecified atom stereocenters.